The van der Waals surface area contributed by atoms with Crippen LogP contribution < -0.4 is 10.6 Å². The van der Waals surface area contributed by atoms with Crippen LogP contribution in [0.2, 0.25) is 0 Å². The molecule has 1 saturated heterocycles. The number of carbonyl (C=O) groups is 3. The minimum Gasteiger partial charge on any atom is -0.478 e. The molecule has 0 spiro atoms. The lowest BCUT2D eigenvalue weighted by atomic mass is 9.89. The Hall–Kier alpha value is -3.40. The fourth-order valence-corrected chi connectivity index (χ4v) is 5.33. The molecule has 0 aromatic carbocycles. The zero-order chi connectivity index (χ0) is 26.8. The van der Waals surface area contributed by atoms with Gasteiger partial charge in [0.25, 0.3) is 0 Å². The molecule has 10 nitrogen and oxygen atoms in total. The molecule has 0 atom stereocenters. The number of nitrogens with zero attached hydrogens (tertiary/aromatic N) is 2. The van der Waals surface area contributed by atoms with Crippen LogP contribution in [0.15, 0.2) is 30.5 Å². The molecular formula is C27H39N5O5. The maximum atomic E-state index is 12.3. The third-order valence-electron chi connectivity index (χ3n) is 7.28. The smallest absolute Gasteiger partial charge is 0.328 e. The molecule has 0 radical (unpaired) electrons. The normalized spacial score (nSPS) is 17.2. The zero-order valence-electron chi connectivity index (χ0n) is 21.7. The standard InChI is InChI=1S/C23H35N5O.C4H4O4/c1-3-18(4-2)28-13-11-16(12-14-28)19-15-24-20-9-10-21(26-22(19)20)27-23(29)25-17-7-5-6-8-17;5-3(6)1-2-4(7)8/h9-10,15-18,24H,3-8,11-14H2,1-2H3,(H2,25,26,27,29);1-2H,(H,5,6)(H,7,8). The summed E-state index contributed by atoms with van der Waals surface area (Å²) in [7, 11) is 0. The fourth-order valence-electron chi connectivity index (χ4n) is 5.33. The first kappa shape index (κ1) is 28.2. The number of aliphatic carboxylic acids is 2. The van der Waals surface area contributed by atoms with Gasteiger partial charge in [0.15, 0.2) is 0 Å². The number of carboxylic acid groups (broad SMARTS) is 2. The van der Waals surface area contributed by atoms with E-state index in [0.29, 0.717) is 36.0 Å². The number of likely N-dealkylation sites (tertiary alicyclic amines) is 1. The molecule has 2 aliphatic rings. The van der Waals surface area contributed by atoms with Crippen molar-refractivity contribution in [3.8, 4) is 0 Å². The molecular weight excluding hydrogens is 474 g/mol. The van der Waals surface area contributed by atoms with Crippen LogP contribution in [0, 0.1) is 0 Å². The second kappa shape index (κ2) is 13.8. The van der Waals surface area contributed by atoms with Crippen LogP contribution in [0.1, 0.15) is 76.7 Å². The lowest BCUT2D eigenvalue weighted by molar-refractivity contribution is -0.134. The van der Waals surface area contributed by atoms with Gasteiger partial charge in [-0.3, -0.25) is 5.32 Å². The third-order valence-corrected chi connectivity index (χ3v) is 7.28. The topological polar surface area (TPSA) is 148 Å². The number of urea groups is 1. The minimum absolute atomic E-state index is 0.140. The van der Waals surface area contributed by atoms with Gasteiger partial charge in [-0.2, -0.15) is 0 Å². The van der Waals surface area contributed by atoms with Gasteiger partial charge < -0.3 is 25.4 Å². The molecule has 2 aromatic rings. The minimum atomic E-state index is -1.26. The van der Waals surface area contributed by atoms with Crippen molar-refractivity contribution in [3.05, 3.63) is 36.0 Å². The van der Waals surface area contributed by atoms with Gasteiger partial charge in [-0.05, 0) is 75.2 Å². The van der Waals surface area contributed by atoms with Gasteiger partial charge in [0.05, 0.1) is 11.0 Å². The number of hydrogen-bond acceptors (Lipinski definition) is 5. The van der Waals surface area contributed by atoms with Crippen molar-refractivity contribution >= 4 is 34.8 Å². The van der Waals surface area contributed by atoms with Crippen LogP contribution in [0.4, 0.5) is 10.6 Å². The second-order valence-electron chi connectivity index (χ2n) is 9.71. The quantitative estimate of drug-likeness (QED) is 0.321. The zero-order valence-corrected chi connectivity index (χ0v) is 21.7. The Morgan fingerprint density at radius 2 is 1.68 bits per heavy atom. The highest BCUT2D eigenvalue weighted by atomic mass is 16.4. The molecule has 3 heterocycles. The van der Waals surface area contributed by atoms with E-state index in [9.17, 15) is 14.4 Å². The Morgan fingerprint density at radius 1 is 1.05 bits per heavy atom. The first-order valence-electron chi connectivity index (χ1n) is 13.2. The highest BCUT2D eigenvalue weighted by molar-refractivity contribution is 5.91. The maximum Gasteiger partial charge on any atom is 0.328 e. The fraction of sp³-hybridized carbons (Fsp3) is 0.556. The van der Waals surface area contributed by atoms with Crippen molar-refractivity contribution in [3.63, 3.8) is 0 Å². The van der Waals surface area contributed by atoms with Crippen LogP contribution in [-0.4, -0.2) is 68.2 Å². The average Bonchev–Trinajstić information content (AvgIpc) is 3.54. The van der Waals surface area contributed by atoms with Gasteiger partial charge in [0.1, 0.15) is 5.82 Å². The molecule has 1 aliphatic carbocycles. The van der Waals surface area contributed by atoms with Gasteiger partial charge in [-0.1, -0.05) is 26.7 Å². The molecule has 2 aromatic heterocycles. The summed E-state index contributed by atoms with van der Waals surface area (Å²) in [6, 6.07) is 4.79. The van der Waals surface area contributed by atoms with Crippen molar-refractivity contribution in [1.29, 1.82) is 0 Å². The van der Waals surface area contributed by atoms with E-state index >= 15 is 0 Å². The van der Waals surface area contributed by atoms with Gasteiger partial charge in [-0.15, -0.1) is 0 Å². The highest BCUT2D eigenvalue weighted by Crippen LogP contribution is 2.34. The Morgan fingerprint density at radius 3 is 2.24 bits per heavy atom. The average molecular weight is 514 g/mol. The number of carbonyl (C=O) groups excluding carboxylic acids is 1. The summed E-state index contributed by atoms with van der Waals surface area (Å²) in [6.45, 7) is 6.90. The molecule has 2 fully saturated rings. The van der Waals surface area contributed by atoms with E-state index in [0.717, 1.165) is 37.0 Å². The number of carboxylic acids is 2. The second-order valence-corrected chi connectivity index (χ2v) is 9.71. The van der Waals surface area contributed by atoms with E-state index in [1.54, 1.807) is 0 Å². The van der Waals surface area contributed by atoms with Crippen molar-refractivity contribution in [2.75, 3.05) is 18.4 Å². The van der Waals surface area contributed by atoms with Crippen molar-refractivity contribution in [1.82, 2.24) is 20.2 Å². The van der Waals surface area contributed by atoms with E-state index in [4.69, 9.17) is 15.2 Å². The number of anilines is 1. The maximum absolute atomic E-state index is 12.3. The van der Waals surface area contributed by atoms with Crippen LogP contribution in [-0.2, 0) is 9.59 Å². The summed E-state index contributed by atoms with van der Waals surface area (Å²) in [4.78, 5) is 42.2. The molecule has 5 N–H and O–H groups in total. The SMILES string of the molecule is CCC(CC)N1CCC(c2c[nH]c3ccc(NC(=O)NC4CCCC4)nc23)CC1.O=C(O)C=CC(=O)O. The number of rotatable bonds is 8. The molecule has 202 valence electrons. The van der Waals surface area contributed by atoms with Gasteiger partial charge >= 0.3 is 18.0 Å². The first-order valence-corrected chi connectivity index (χ1v) is 13.2. The predicted molar refractivity (Wildman–Crippen MR) is 143 cm³/mol. The van der Waals surface area contributed by atoms with E-state index in [1.165, 1.54) is 44.1 Å². The van der Waals surface area contributed by atoms with Gasteiger partial charge in [-0.25, -0.2) is 19.4 Å². The van der Waals surface area contributed by atoms with Gasteiger partial charge in [0, 0.05) is 30.4 Å². The number of nitrogens with one attached hydrogen (secondary N) is 3. The van der Waals surface area contributed by atoms with Crippen molar-refractivity contribution in [2.45, 2.75) is 83.2 Å². The molecule has 1 aliphatic heterocycles. The van der Waals surface area contributed by atoms with E-state index < -0.39 is 11.9 Å². The molecule has 37 heavy (non-hydrogen) atoms. The Labute approximate surface area is 217 Å². The van der Waals surface area contributed by atoms with E-state index in [1.807, 2.05) is 12.1 Å². The molecule has 0 bridgehead atoms. The summed E-state index contributed by atoms with van der Waals surface area (Å²) in [5.41, 5.74) is 3.35. The number of hydrogen-bond donors (Lipinski definition) is 5. The van der Waals surface area contributed by atoms with E-state index in [2.05, 4.69) is 40.6 Å². The van der Waals surface area contributed by atoms with Crippen LogP contribution in [0.25, 0.3) is 11.0 Å². The lowest BCUT2D eigenvalue weighted by Gasteiger charge is -2.36. The molecule has 10 heteroatoms. The molecule has 0 unspecified atom stereocenters. The summed E-state index contributed by atoms with van der Waals surface area (Å²) in [5, 5.41) is 21.6. The number of aromatic nitrogens is 2. The summed E-state index contributed by atoms with van der Waals surface area (Å²) in [6.07, 6.45) is 12.6. The van der Waals surface area contributed by atoms with Crippen LogP contribution >= 0.6 is 0 Å². The number of pyridine rings is 1. The largest absolute Gasteiger partial charge is 0.478 e. The molecule has 2 amide bonds. The number of fused-ring (bicyclic) bond motifs is 1. The highest BCUT2D eigenvalue weighted by Gasteiger charge is 2.26. The summed E-state index contributed by atoms with van der Waals surface area (Å²) < 4.78 is 0. The monoisotopic (exact) mass is 513 g/mol. The van der Waals surface area contributed by atoms with E-state index in [-0.39, 0.29) is 6.03 Å². The number of amides is 2. The van der Waals surface area contributed by atoms with Crippen molar-refractivity contribution < 1.29 is 24.6 Å². The first-order chi connectivity index (χ1) is 17.8. The lowest BCUT2D eigenvalue weighted by Crippen LogP contribution is -2.40. The summed E-state index contributed by atoms with van der Waals surface area (Å²) >= 11 is 0. The van der Waals surface area contributed by atoms with Crippen molar-refractivity contribution in [2.24, 2.45) is 0 Å². The number of aromatic amines is 1. The molecule has 4 rings (SSSR count). The molecule has 1 saturated carbocycles. The number of piperidine rings is 1. The van der Waals surface area contributed by atoms with Crippen LogP contribution in [0.5, 0.6) is 0 Å². The Balaban J connectivity index is 0.000000414. The number of H-pyrrole nitrogens is 1. The predicted octanol–water partition coefficient (Wildman–Crippen LogP) is 4.71. The third kappa shape index (κ3) is 8.31. The Kier molecular flexibility index (Phi) is 10.5. The van der Waals surface area contributed by atoms with Gasteiger partial charge in [0.2, 0.25) is 0 Å². The Bertz CT molecular complexity index is 1060. The van der Waals surface area contributed by atoms with Crippen LogP contribution in [0.3, 0.4) is 0 Å². The summed E-state index contributed by atoms with van der Waals surface area (Å²) in [5.74, 6) is -1.35.